The van der Waals surface area contributed by atoms with Crippen LogP contribution >= 0.6 is 0 Å². The predicted octanol–water partition coefficient (Wildman–Crippen LogP) is 2.63. The molecule has 6 nitrogen and oxygen atoms in total. The number of carbonyl (C=O) groups excluding carboxylic acids is 1. The van der Waals surface area contributed by atoms with E-state index < -0.39 is 17.9 Å². The number of aliphatic carboxylic acids is 1. The number of carboxylic acid groups (broad SMARTS) is 1. The zero-order valence-electron chi connectivity index (χ0n) is 14.4. The van der Waals surface area contributed by atoms with Crippen LogP contribution in [-0.2, 0) is 9.59 Å². The number of nitrogens with one attached hydrogen (secondary N) is 1. The van der Waals surface area contributed by atoms with E-state index in [1.807, 2.05) is 19.9 Å². The minimum atomic E-state index is -1.13. The molecular formula is C19H21NO5. The third kappa shape index (κ3) is 4.97. The van der Waals surface area contributed by atoms with Crippen molar-refractivity contribution in [1.82, 2.24) is 5.32 Å². The van der Waals surface area contributed by atoms with Crippen molar-refractivity contribution < 1.29 is 24.2 Å². The average molecular weight is 343 g/mol. The molecule has 0 aliphatic rings. The first kappa shape index (κ1) is 18.3. The van der Waals surface area contributed by atoms with Crippen molar-refractivity contribution >= 4 is 11.9 Å². The van der Waals surface area contributed by atoms with E-state index >= 15 is 0 Å². The SMILES string of the molecule is COc1ccccc1OCC(=O)NC(C(=O)O)c1cc(C)cc(C)c1. The molecule has 6 heteroatoms. The molecule has 25 heavy (non-hydrogen) atoms. The van der Waals surface area contributed by atoms with Gasteiger partial charge in [-0.15, -0.1) is 0 Å². The van der Waals surface area contributed by atoms with E-state index in [-0.39, 0.29) is 6.61 Å². The van der Waals surface area contributed by atoms with Gasteiger partial charge in [0.2, 0.25) is 0 Å². The summed E-state index contributed by atoms with van der Waals surface area (Å²) in [5, 5.41) is 11.9. The maximum Gasteiger partial charge on any atom is 0.330 e. The molecule has 0 fully saturated rings. The van der Waals surface area contributed by atoms with Crippen molar-refractivity contribution in [3.05, 3.63) is 59.2 Å². The standard InChI is InChI=1S/C19H21NO5/c1-12-8-13(2)10-14(9-12)18(19(22)23)20-17(21)11-25-16-7-5-4-6-15(16)24-3/h4-10,18H,11H2,1-3H3,(H,20,21)(H,22,23). The molecule has 2 aromatic rings. The van der Waals surface area contributed by atoms with Crippen LogP contribution in [-0.4, -0.2) is 30.7 Å². The number of carboxylic acids is 1. The summed E-state index contributed by atoms with van der Waals surface area (Å²) >= 11 is 0. The second kappa shape index (κ2) is 8.19. The lowest BCUT2D eigenvalue weighted by Crippen LogP contribution is -2.36. The highest BCUT2D eigenvalue weighted by Gasteiger charge is 2.23. The first-order valence-corrected chi connectivity index (χ1v) is 7.77. The van der Waals surface area contributed by atoms with Gasteiger partial charge in [-0.2, -0.15) is 0 Å². The maximum atomic E-state index is 12.1. The van der Waals surface area contributed by atoms with E-state index in [2.05, 4.69) is 5.32 Å². The Kier molecular flexibility index (Phi) is 6.00. The van der Waals surface area contributed by atoms with Gasteiger partial charge >= 0.3 is 5.97 Å². The fraction of sp³-hybridized carbons (Fsp3) is 0.263. The Morgan fingerprint density at radius 2 is 1.68 bits per heavy atom. The molecule has 0 saturated carbocycles. The zero-order chi connectivity index (χ0) is 18.4. The van der Waals surface area contributed by atoms with Crippen LogP contribution in [0, 0.1) is 13.8 Å². The smallest absolute Gasteiger partial charge is 0.330 e. The minimum absolute atomic E-state index is 0.311. The van der Waals surface area contributed by atoms with Gasteiger partial charge in [0.25, 0.3) is 5.91 Å². The Labute approximate surface area is 146 Å². The predicted molar refractivity (Wildman–Crippen MR) is 92.9 cm³/mol. The Morgan fingerprint density at radius 3 is 2.24 bits per heavy atom. The van der Waals surface area contributed by atoms with E-state index in [1.54, 1.807) is 36.4 Å². The molecule has 0 aliphatic carbocycles. The summed E-state index contributed by atoms with van der Waals surface area (Å²) in [5.74, 6) is -0.745. The molecule has 0 bridgehead atoms. The van der Waals surface area contributed by atoms with Crippen LogP contribution in [0.4, 0.5) is 0 Å². The van der Waals surface area contributed by atoms with Crippen molar-refractivity contribution in [3.8, 4) is 11.5 Å². The molecule has 0 aromatic heterocycles. The van der Waals surface area contributed by atoms with E-state index in [1.165, 1.54) is 7.11 Å². The van der Waals surface area contributed by atoms with Crippen LogP contribution in [0.25, 0.3) is 0 Å². The van der Waals surface area contributed by atoms with Crippen LogP contribution in [0.1, 0.15) is 22.7 Å². The first-order valence-electron chi connectivity index (χ1n) is 7.77. The molecule has 0 aliphatic heterocycles. The van der Waals surface area contributed by atoms with Crippen LogP contribution in [0.3, 0.4) is 0 Å². The highest BCUT2D eigenvalue weighted by molar-refractivity contribution is 5.85. The lowest BCUT2D eigenvalue weighted by molar-refractivity contribution is -0.142. The normalized spacial score (nSPS) is 11.5. The first-order chi connectivity index (χ1) is 11.9. The van der Waals surface area contributed by atoms with Crippen molar-refractivity contribution in [1.29, 1.82) is 0 Å². The topological polar surface area (TPSA) is 84.9 Å². The second-order valence-corrected chi connectivity index (χ2v) is 5.70. The number of hydrogen-bond acceptors (Lipinski definition) is 4. The number of carbonyl (C=O) groups is 2. The molecule has 0 spiro atoms. The maximum absolute atomic E-state index is 12.1. The molecule has 2 N–H and O–H groups in total. The van der Waals surface area contributed by atoms with Crippen LogP contribution in [0.5, 0.6) is 11.5 Å². The third-order valence-electron chi connectivity index (χ3n) is 3.56. The highest BCUT2D eigenvalue weighted by Crippen LogP contribution is 2.25. The van der Waals surface area contributed by atoms with Gasteiger partial charge in [0.05, 0.1) is 7.11 Å². The third-order valence-corrected chi connectivity index (χ3v) is 3.56. The number of amides is 1. The second-order valence-electron chi connectivity index (χ2n) is 5.70. The molecule has 132 valence electrons. The Morgan fingerprint density at radius 1 is 1.08 bits per heavy atom. The van der Waals surface area contributed by atoms with Gasteiger partial charge in [0, 0.05) is 0 Å². The quantitative estimate of drug-likeness (QED) is 0.807. The van der Waals surface area contributed by atoms with Crippen LogP contribution in [0.15, 0.2) is 42.5 Å². The summed E-state index contributed by atoms with van der Waals surface area (Å²) in [7, 11) is 1.50. The van der Waals surface area contributed by atoms with Crippen molar-refractivity contribution in [2.45, 2.75) is 19.9 Å². The summed E-state index contributed by atoms with van der Waals surface area (Å²) < 4.78 is 10.6. The van der Waals surface area contributed by atoms with Crippen LogP contribution < -0.4 is 14.8 Å². The van der Waals surface area contributed by atoms with E-state index in [4.69, 9.17) is 9.47 Å². The largest absolute Gasteiger partial charge is 0.493 e. The van der Waals surface area contributed by atoms with Gasteiger partial charge in [-0.3, -0.25) is 4.79 Å². The molecule has 2 aromatic carbocycles. The number of hydrogen-bond donors (Lipinski definition) is 2. The Balaban J connectivity index is 2.07. The van der Waals surface area contributed by atoms with Crippen LogP contribution in [0.2, 0.25) is 0 Å². The monoisotopic (exact) mass is 343 g/mol. The number of ether oxygens (including phenoxy) is 2. The van der Waals surface area contributed by atoms with Gasteiger partial charge in [-0.1, -0.05) is 41.5 Å². The molecule has 2 rings (SSSR count). The Hall–Kier alpha value is -3.02. The van der Waals surface area contributed by atoms with Gasteiger partial charge in [-0.05, 0) is 31.5 Å². The van der Waals surface area contributed by atoms with Gasteiger partial charge in [0.15, 0.2) is 24.1 Å². The average Bonchev–Trinajstić information content (AvgIpc) is 2.56. The zero-order valence-corrected chi connectivity index (χ0v) is 14.4. The van der Waals surface area contributed by atoms with Crippen molar-refractivity contribution in [2.24, 2.45) is 0 Å². The molecule has 0 radical (unpaired) electrons. The Bertz CT molecular complexity index is 752. The van der Waals surface area contributed by atoms with Gasteiger partial charge < -0.3 is 19.9 Å². The molecular weight excluding hydrogens is 322 g/mol. The lowest BCUT2D eigenvalue weighted by Gasteiger charge is -2.17. The van der Waals surface area contributed by atoms with Gasteiger partial charge in [-0.25, -0.2) is 4.79 Å². The number of rotatable bonds is 7. The highest BCUT2D eigenvalue weighted by atomic mass is 16.5. The summed E-state index contributed by atoms with van der Waals surface area (Å²) in [4.78, 5) is 23.7. The number of para-hydroxylation sites is 2. The fourth-order valence-corrected chi connectivity index (χ4v) is 2.55. The molecule has 1 atom stereocenters. The van der Waals surface area contributed by atoms with Crippen molar-refractivity contribution in [2.75, 3.05) is 13.7 Å². The van der Waals surface area contributed by atoms with E-state index in [0.717, 1.165) is 11.1 Å². The summed E-state index contributed by atoms with van der Waals surface area (Å²) in [6.45, 7) is 3.44. The van der Waals surface area contributed by atoms with E-state index in [9.17, 15) is 14.7 Å². The number of methoxy groups -OCH3 is 1. The number of aryl methyl sites for hydroxylation is 2. The summed E-state index contributed by atoms with van der Waals surface area (Å²) in [6.07, 6.45) is 0. The minimum Gasteiger partial charge on any atom is -0.493 e. The molecule has 0 heterocycles. The molecule has 1 unspecified atom stereocenters. The lowest BCUT2D eigenvalue weighted by atomic mass is 10.0. The summed E-state index contributed by atoms with van der Waals surface area (Å²) in [5.41, 5.74) is 2.39. The number of benzene rings is 2. The molecule has 1 amide bonds. The van der Waals surface area contributed by atoms with Crippen molar-refractivity contribution in [3.63, 3.8) is 0 Å². The van der Waals surface area contributed by atoms with Gasteiger partial charge in [0.1, 0.15) is 0 Å². The summed E-state index contributed by atoms with van der Waals surface area (Å²) in [6, 6.07) is 11.2. The fourth-order valence-electron chi connectivity index (χ4n) is 2.55. The van der Waals surface area contributed by atoms with E-state index in [0.29, 0.717) is 17.1 Å². The molecule has 0 saturated heterocycles.